The van der Waals surface area contributed by atoms with E-state index in [1.807, 2.05) is 13.0 Å². The number of pyridine rings is 2. The number of nitrogens with zero attached hydrogens (tertiary/aromatic N) is 2. The molecule has 0 radical (unpaired) electrons. The molecule has 0 aliphatic carbocycles. The van der Waals surface area contributed by atoms with Crippen molar-refractivity contribution in [3.8, 4) is 0 Å². The van der Waals surface area contributed by atoms with Gasteiger partial charge in [-0.25, -0.2) is 10.8 Å². The second kappa shape index (κ2) is 4.72. The van der Waals surface area contributed by atoms with E-state index in [9.17, 15) is 0 Å². The fraction of sp³-hybridized carbons (Fsp3) is 0.250. The van der Waals surface area contributed by atoms with Crippen molar-refractivity contribution in [3.63, 3.8) is 0 Å². The number of hydrogen-bond donors (Lipinski definition) is 2. The van der Waals surface area contributed by atoms with Gasteiger partial charge in [0, 0.05) is 16.5 Å². The monoisotopic (exact) mass is 266 g/mol. The largest absolute Gasteiger partial charge is 0.308 e. The zero-order chi connectivity index (χ0) is 14.3. The number of rotatable bonds is 2. The van der Waals surface area contributed by atoms with E-state index in [1.165, 1.54) is 0 Å². The highest BCUT2D eigenvalue weighted by Gasteiger charge is 2.12. The van der Waals surface area contributed by atoms with Crippen LogP contribution in [0, 0.1) is 6.92 Å². The van der Waals surface area contributed by atoms with Gasteiger partial charge < -0.3 is 5.43 Å². The van der Waals surface area contributed by atoms with E-state index < -0.39 is 0 Å². The first kappa shape index (κ1) is 12.8. The zero-order valence-corrected chi connectivity index (χ0v) is 11.9. The summed E-state index contributed by atoms with van der Waals surface area (Å²) in [5, 5.41) is 2.19. The molecule has 0 aliphatic heterocycles. The van der Waals surface area contributed by atoms with Crippen LogP contribution in [-0.2, 0) is 0 Å². The van der Waals surface area contributed by atoms with Gasteiger partial charge in [0.05, 0.1) is 11.0 Å². The Morgan fingerprint density at radius 3 is 2.35 bits per heavy atom. The molecule has 3 aromatic rings. The standard InChI is InChI=1S/C16H18N4/c1-9(2)13-8-12-7-6-11-5-4-10(3)18-14(11)15(12)19-16(13)20-17/h4-9H,17H2,1-3H3,(H,19,20). The Morgan fingerprint density at radius 1 is 1.00 bits per heavy atom. The summed E-state index contributed by atoms with van der Waals surface area (Å²) < 4.78 is 0. The molecule has 0 bridgehead atoms. The minimum Gasteiger partial charge on any atom is -0.308 e. The second-order valence-electron chi connectivity index (χ2n) is 5.39. The molecule has 0 spiro atoms. The molecule has 1 aromatic carbocycles. The SMILES string of the molecule is Cc1ccc2ccc3cc(C(C)C)c(NN)nc3c2n1. The van der Waals surface area contributed by atoms with Crippen LogP contribution >= 0.6 is 0 Å². The fourth-order valence-electron chi connectivity index (χ4n) is 2.49. The van der Waals surface area contributed by atoms with Crippen LogP contribution in [0.2, 0.25) is 0 Å². The second-order valence-corrected chi connectivity index (χ2v) is 5.39. The molecule has 0 saturated heterocycles. The fourth-order valence-corrected chi connectivity index (χ4v) is 2.49. The maximum atomic E-state index is 5.62. The smallest absolute Gasteiger partial charge is 0.144 e. The van der Waals surface area contributed by atoms with E-state index in [4.69, 9.17) is 5.84 Å². The van der Waals surface area contributed by atoms with Crippen LogP contribution in [0.3, 0.4) is 0 Å². The number of hydrogen-bond acceptors (Lipinski definition) is 4. The van der Waals surface area contributed by atoms with Crippen molar-refractivity contribution < 1.29 is 0 Å². The van der Waals surface area contributed by atoms with E-state index in [0.29, 0.717) is 5.92 Å². The van der Waals surface area contributed by atoms with Crippen LogP contribution in [0.4, 0.5) is 5.82 Å². The number of aryl methyl sites for hydroxylation is 1. The predicted molar refractivity (Wildman–Crippen MR) is 83.7 cm³/mol. The first-order chi connectivity index (χ1) is 9.60. The number of nitrogens with one attached hydrogen (secondary N) is 1. The quantitative estimate of drug-likeness (QED) is 0.423. The zero-order valence-electron chi connectivity index (χ0n) is 11.9. The predicted octanol–water partition coefficient (Wildman–Crippen LogP) is 3.50. The average molecular weight is 266 g/mol. The Bertz CT molecular complexity index is 793. The third kappa shape index (κ3) is 1.98. The molecular weight excluding hydrogens is 248 g/mol. The van der Waals surface area contributed by atoms with Gasteiger partial charge in [-0.05, 0) is 30.5 Å². The van der Waals surface area contributed by atoms with Gasteiger partial charge in [-0.1, -0.05) is 32.0 Å². The summed E-state index contributed by atoms with van der Waals surface area (Å²) in [5.74, 6) is 6.71. The highest BCUT2D eigenvalue weighted by atomic mass is 15.2. The number of aromatic nitrogens is 2. The third-order valence-electron chi connectivity index (χ3n) is 3.57. The molecule has 4 heteroatoms. The molecule has 4 nitrogen and oxygen atoms in total. The van der Waals surface area contributed by atoms with Crippen LogP contribution in [0.25, 0.3) is 21.8 Å². The highest BCUT2D eigenvalue weighted by molar-refractivity contribution is 6.03. The van der Waals surface area contributed by atoms with Crippen molar-refractivity contribution in [1.29, 1.82) is 0 Å². The number of benzene rings is 1. The number of hydrazine groups is 1. The molecule has 102 valence electrons. The number of nitrogen functional groups attached to an aromatic ring is 1. The van der Waals surface area contributed by atoms with Gasteiger partial charge in [-0.2, -0.15) is 0 Å². The summed E-state index contributed by atoms with van der Waals surface area (Å²) in [7, 11) is 0. The molecular formula is C16H18N4. The van der Waals surface area contributed by atoms with E-state index >= 15 is 0 Å². The summed E-state index contributed by atoms with van der Waals surface area (Å²) in [6, 6.07) is 10.4. The summed E-state index contributed by atoms with van der Waals surface area (Å²) in [6.45, 7) is 6.25. The maximum Gasteiger partial charge on any atom is 0.144 e. The summed E-state index contributed by atoms with van der Waals surface area (Å²) in [4.78, 5) is 9.31. The molecule has 0 fully saturated rings. The lowest BCUT2D eigenvalue weighted by Crippen LogP contribution is -2.12. The molecule has 3 N–H and O–H groups in total. The summed E-state index contributed by atoms with van der Waals surface area (Å²) in [5.41, 5.74) is 6.63. The molecule has 0 amide bonds. The summed E-state index contributed by atoms with van der Waals surface area (Å²) >= 11 is 0. The Hall–Kier alpha value is -2.20. The maximum absolute atomic E-state index is 5.62. The number of nitrogens with two attached hydrogens (primary N) is 1. The molecule has 0 unspecified atom stereocenters. The summed E-state index contributed by atoms with van der Waals surface area (Å²) in [6.07, 6.45) is 0. The lowest BCUT2D eigenvalue weighted by Gasteiger charge is -2.13. The number of anilines is 1. The van der Waals surface area contributed by atoms with Gasteiger partial charge in [0.25, 0.3) is 0 Å². The van der Waals surface area contributed by atoms with Crippen LogP contribution < -0.4 is 11.3 Å². The van der Waals surface area contributed by atoms with Crippen LogP contribution in [-0.4, -0.2) is 9.97 Å². The molecule has 3 rings (SSSR count). The van der Waals surface area contributed by atoms with Crippen LogP contribution in [0.15, 0.2) is 30.3 Å². The van der Waals surface area contributed by atoms with Crippen LogP contribution in [0.5, 0.6) is 0 Å². The van der Waals surface area contributed by atoms with Gasteiger partial charge in [0.15, 0.2) is 0 Å². The molecule has 20 heavy (non-hydrogen) atoms. The van der Waals surface area contributed by atoms with E-state index in [0.717, 1.165) is 38.9 Å². The lowest BCUT2D eigenvalue weighted by atomic mass is 10.0. The highest BCUT2D eigenvalue weighted by Crippen LogP contribution is 2.29. The van der Waals surface area contributed by atoms with Crippen molar-refractivity contribution in [3.05, 3.63) is 41.6 Å². The molecule has 2 heterocycles. The van der Waals surface area contributed by atoms with Gasteiger partial charge in [0.1, 0.15) is 5.82 Å². The third-order valence-corrected chi connectivity index (χ3v) is 3.57. The van der Waals surface area contributed by atoms with E-state index in [2.05, 4.69) is 53.5 Å². The first-order valence-electron chi connectivity index (χ1n) is 6.78. The van der Waals surface area contributed by atoms with Crippen molar-refractivity contribution in [2.24, 2.45) is 5.84 Å². The Kier molecular flexibility index (Phi) is 3.03. The van der Waals surface area contributed by atoms with Gasteiger partial charge in [0.2, 0.25) is 0 Å². The van der Waals surface area contributed by atoms with Gasteiger partial charge in [-0.15, -0.1) is 0 Å². The lowest BCUT2D eigenvalue weighted by molar-refractivity contribution is 0.862. The minimum absolute atomic E-state index is 0.360. The van der Waals surface area contributed by atoms with Crippen molar-refractivity contribution in [1.82, 2.24) is 9.97 Å². The Morgan fingerprint density at radius 2 is 1.65 bits per heavy atom. The molecule has 0 saturated carbocycles. The molecule has 0 atom stereocenters. The van der Waals surface area contributed by atoms with Crippen molar-refractivity contribution in [2.75, 3.05) is 5.43 Å². The number of fused-ring (bicyclic) bond motifs is 3. The van der Waals surface area contributed by atoms with E-state index in [1.54, 1.807) is 0 Å². The average Bonchev–Trinajstić information content (AvgIpc) is 2.45. The van der Waals surface area contributed by atoms with Gasteiger partial charge in [-0.3, -0.25) is 4.98 Å². The van der Waals surface area contributed by atoms with Gasteiger partial charge >= 0.3 is 0 Å². The minimum atomic E-state index is 0.360. The van der Waals surface area contributed by atoms with Crippen molar-refractivity contribution in [2.45, 2.75) is 26.7 Å². The normalized spacial score (nSPS) is 11.4. The molecule has 0 aliphatic rings. The van der Waals surface area contributed by atoms with Crippen LogP contribution in [0.1, 0.15) is 31.0 Å². The first-order valence-corrected chi connectivity index (χ1v) is 6.78. The topological polar surface area (TPSA) is 63.8 Å². The van der Waals surface area contributed by atoms with E-state index in [-0.39, 0.29) is 0 Å². The Labute approximate surface area is 118 Å². The Balaban J connectivity index is 2.41. The van der Waals surface area contributed by atoms with Crippen molar-refractivity contribution >= 4 is 27.6 Å². The molecule has 2 aromatic heterocycles.